The lowest BCUT2D eigenvalue weighted by atomic mass is 10.1. The predicted octanol–water partition coefficient (Wildman–Crippen LogP) is -0.353. The van der Waals surface area contributed by atoms with Crippen LogP contribution in [-0.2, 0) is 14.6 Å². The Kier molecular flexibility index (Phi) is 3.87. The molecule has 1 atom stereocenters. The predicted molar refractivity (Wildman–Crippen MR) is 47.2 cm³/mol. The van der Waals surface area contributed by atoms with Gasteiger partial charge in [0, 0.05) is 12.9 Å². The van der Waals surface area contributed by atoms with E-state index >= 15 is 0 Å². The highest BCUT2D eigenvalue weighted by atomic mass is 32.2. The SMILES string of the molecule is CC(CCCO)(C(=O)O)S(C)(=O)=O. The zero-order valence-corrected chi connectivity index (χ0v) is 8.47. The highest BCUT2D eigenvalue weighted by Crippen LogP contribution is 2.22. The lowest BCUT2D eigenvalue weighted by molar-refractivity contribution is -0.139. The van der Waals surface area contributed by atoms with Crippen molar-refractivity contribution >= 4 is 15.8 Å². The second-order valence-corrected chi connectivity index (χ2v) is 5.58. The molecule has 0 bridgehead atoms. The van der Waals surface area contributed by atoms with Crippen molar-refractivity contribution < 1.29 is 23.4 Å². The second kappa shape index (κ2) is 4.06. The van der Waals surface area contributed by atoms with Crippen LogP contribution in [0.25, 0.3) is 0 Å². The molecular weight excluding hydrogens is 196 g/mol. The molecule has 0 aliphatic heterocycles. The van der Waals surface area contributed by atoms with E-state index < -0.39 is 20.6 Å². The van der Waals surface area contributed by atoms with Crippen LogP contribution < -0.4 is 0 Å². The Morgan fingerprint density at radius 1 is 1.46 bits per heavy atom. The Bertz CT molecular complexity index is 281. The molecule has 0 radical (unpaired) electrons. The van der Waals surface area contributed by atoms with Crippen molar-refractivity contribution in [1.29, 1.82) is 0 Å². The summed E-state index contributed by atoms with van der Waals surface area (Å²) in [6, 6.07) is 0. The molecule has 0 rings (SSSR count). The molecule has 0 amide bonds. The number of aliphatic carboxylic acids is 1. The van der Waals surface area contributed by atoms with Crippen LogP contribution in [0.3, 0.4) is 0 Å². The van der Waals surface area contributed by atoms with Gasteiger partial charge in [-0.25, -0.2) is 8.42 Å². The van der Waals surface area contributed by atoms with Crippen LogP contribution in [0.2, 0.25) is 0 Å². The molecule has 0 fully saturated rings. The number of rotatable bonds is 5. The molecule has 0 aliphatic rings. The summed E-state index contributed by atoms with van der Waals surface area (Å²) < 4.78 is 20.5. The maximum Gasteiger partial charge on any atom is 0.324 e. The third-order valence-electron chi connectivity index (χ3n) is 2.08. The summed E-state index contributed by atoms with van der Waals surface area (Å²) >= 11 is 0. The highest BCUT2D eigenvalue weighted by molar-refractivity contribution is 7.92. The van der Waals surface area contributed by atoms with E-state index in [1.807, 2.05) is 0 Å². The second-order valence-electron chi connectivity index (χ2n) is 3.14. The van der Waals surface area contributed by atoms with Crippen LogP contribution in [0, 0.1) is 0 Å². The zero-order chi connectivity index (χ0) is 10.7. The first-order valence-electron chi connectivity index (χ1n) is 3.79. The molecule has 0 saturated carbocycles. The Balaban J connectivity index is 4.86. The topological polar surface area (TPSA) is 91.7 Å². The molecule has 1 unspecified atom stereocenters. The summed E-state index contributed by atoms with van der Waals surface area (Å²) in [4.78, 5) is 10.7. The lowest BCUT2D eigenvalue weighted by Crippen LogP contribution is -2.43. The molecule has 78 valence electrons. The van der Waals surface area contributed by atoms with Crippen molar-refractivity contribution in [1.82, 2.24) is 0 Å². The molecule has 0 aromatic carbocycles. The van der Waals surface area contributed by atoms with Gasteiger partial charge < -0.3 is 10.2 Å². The fraction of sp³-hybridized carbons (Fsp3) is 0.857. The molecule has 0 aliphatic carbocycles. The lowest BCUT2D eigenvalue weighted by Gasteiger charge is -2.21. The number of aliphatic hydroxyl groups excluding tert-OH is 1. The first-order chi connectivity index (χ1) is 5.75. The number of hydrogen-bond acceptors (Lipinski definition) is 4. The number of sulfone groups is 1. The maximum atomic E-state index is 11.1. The molecule has 0 heterocycles. The van der Waals surface area contributed by atoms with Crippen molar-refractivity contribution in [2.45, 2.75) is 24.5 Å². The van der Waals surface area contributed by atoms with Crippen molar-refractivity contribution in [3.8, 4) is 0 Å². The van der Waals surface area contributed by atoms with Crippen molar-refractivity contribution in [2.24, 2.45) is 0 Å². The molecule has 0 saturated heterocycles. The molecule has 0 spiro atoms. The van der Waals surface area contributed by atoms with E-state index in [1.54, 1.807) is 0 Å². The molecule has 13 heavy (non-hydrogen) atoms. The van der Waals surface area contributed by atoms with Crippen LogP contribution in [0.4, 0.5) is 0 Å². The minimum atomic E-state index is -3.65. The van der Waals surface area contributed by atoms with Gasteiger partial charge in [-0.1, -0.05) is 0 Å². The van der Waals surface area contributed by atoms with Crippen LogP contribution in [0.5, 0.6) is 0 Å². The standard InChI is InChI=1S/C7H14O5S/c1-7(6(9)10,4-3-5-8)13(2,11)12/h8H,3-5H2,1-2H3,(H,9,10). The van der Waals surface area contributed by atoms with Gasteiger partial charge in [-0.15, -0.1) is 0 Å². The van der Waals surface area contributed by atoms with E-state index in [9.17, 15) is 13.2 Å². The molecule has 5 nitrogen and oxygen atoms in total. The molecule has 0 aromatic heterocycles. The summed E-state index contributed by atoms with van der Waals surface area (Å²) in [6.07, 6.45) is 0.978. The van der Waals surface area contributed by atoms with E-state index in [2.05, 4.69) is 0 Å². The fourth-order valence-electron chi connectivity index (χ4n) is 0.867. The number of hydrogen-bond donors (Lipinski definition) is 2. The van der Waals surface area contributed by atoms with Crippen LogP contribution >= 0.6 is 0 Å². The third kappa shape index (κ3) is 2.67. The van der Waals surface area contributed by atoms with Gasteiger partial charge in [0.15, 0.2) is 14.6 Å². The summed E-state index contributed by atoms with van der Waals surface area (Å²) in [7, 11) is -3.65. The van der Waals surface area contributed by atoms with Gasteiger partial charge in [-0.3, -0.25) is 4.79 Å². The molecule has 6 heteroatoms. The average molecular weight is 210 g/mol. The molecular formula is C7H14O5S. The van der Waals surface area contributed by atoms with Gasteiger partial charge >= 0.3 is 5.97 Å². The third-order valence-corrected chi connectivity index (χ3v) is 4.10. The normalized spacial score (nSPS) is 16.5. The largest absolute Gasteiger partial charge is 0.480 e. The average Bonchev–Trinajstić information content (AvgIpc) is 1.97. The Morgan fingerprint density at radius 2 is 1.92 bits per heavy atom. The van der Waals surface area contributed by atoms with Crippen molar-refractivity contribution in [3.63, 3.8) is 0 Å². The van der Waals surface area contributed by atoms with Gasteiger partial charge in [0.1, 0.15) is 0 Å². The first-order valence-corrected chi connectivity index (χ1v) is 5.68. The van der Waals surface area contributed by atoms with E-state index in [1.165, 1.54) is 0 Å². The van der Waals surface area contributed by atoms with Crippen molar-refractivity contribution in [2.75, 3.05) is 12.9 Å². The summed E-state index contributed by atoms with van der Waals surface area (Å²) in [5, 5.41) is 17.2. The van der Waals surface area contributed by atoms with E-state index in [-0.39, 0.29) is 19.4 Å². The molecule has 2 N–H and O–H groups in total. The highest BCUT2D eigenvalue weighted by Gasteiger charge is 2.42. The summed E-state index contributed by atoms with van der Waals surface area (Å²) in [5.41, 5.74) is 0. The van der Waals surface area contributed by atoms with E-state index in [0.29, 0.717) is 0 Å². The van der Waals surface area contributed by atoms with Crippen LogP contribution in [-0.4, -0.2) is 42.2 Å². The monoisotopic (exact) mass is 210 g/mol. The van der Waals surface area contributed by atoms with Gasteiger partial charge in [-0.2, -0.15) is 0 Å². The quantitative estimate of drug-likeness (QED) is 0.647. The Labute approximate surface area is 77.3 Å². The van der Waals surface area contributed by atoms with Crippen LogP contribution in [0.15, 0.2) is 0 Å². The first kappa shape index (κ1) is 12.4. The number of carboxylic acid groups (broad SMARTS) is 1. The number of aliphatic hydroxyl groups is 1. The maximum absolute atomic E-state index is 11.1. The van der Waals surface area contributed by atoms with Gasteiger partial charge in [0.05, 0.1) is 0 Å². The number of carbonyl (C=O) groups is 1. The summed E-state index contributed by atoms with van der Waals surface area (Å²) in [5.74, 6) is -1.37. The van der Waals surface area contributed by atoms with Crippen LogP contribution in [0.1, 0.15) is 19.8 Å². The minimum Gasteiger partial charge on any atom is -0.480 e. The van der Waals surface area contributed by atoms with E-state index in [4.69, 9.17) is 10.2 Å². The molecule has 0 aromatic rings. The van der Waals surface area contributed by atoms with Gasteiger partial charge in [0.2, 0.25) is 0 Å². The minimum absolute atomic E-state index is 0.0718. The van der Waals surface area contributed by atoms with Gasteiger partial charge in [-0.05, 0) is 19.8 Å². The fourth-order valence-corrected chi connectivity index (χ4v) is 1.70. The van der Waals surface area contributed by atoms with Gasteiger partial charge in [0.25, 0.3) is 0 Å². The smallest absolute Gasteiger partial charge is 0.324 e. The van der Waals surface area contributed by atoms with Crippen molar-refractivity contribution in [3.05, 3.63) is 0 Å². The number of carboxylic acids is 1. The summed E-state index contributed by atoms with van der Waals surface area (Å²) in [6.45, 7) is 0.943. The zero-order valence-electron chi connectivity index (χ0n) is 7.65. The van der Waals surface area contributed by atoms with E-state index in [0.717, 1.165) is 13.2 Å². The Morgan fingerprint density at radius 3 is 2.15 bits per heavy atom. The Hall–Kier alpha value is -0.620.